The molecule has 124 valence electrons. The molecular formula is C16H24Cl2N2O2. The number of nitrogens with two attached hydrogens (primary N) is 1. The first-order valence-corrected chi connectivity index (χ1v) is 7.82. The van der Waals surface area contributed by atoms with Gasteiger partial charge in [-0.15, -0.1) is 12.4 Å². The molecule has 0 aromatic heterocycles. The van der Waals surface area contributed by atoms with E-state index in [2.05, 4.69) is 0 Å². The van der Waals surface area contributed by atoms with Crippen molar-refractivity contribution in [3.63, 3.8) is 0 Å². The van der Waals surface area contributed by atoms with Crippen LogP contribution in [-0.2, 0) is 4.79 Å². The van der Waals surface area contributed by atoms with Gasteiger partial charge in [-0.05, 0) is 37.0 Å². The Morgan fingerprint density at radius 3 is 2.86 bits per heavy atom. The lowest BCUT2D eigenvalue weighted by molar-refractivity contribution is -0.131. The predicted molar refractivity (Wildman–Crippen MR) is 91.8 cm³/mol. The Balaban J connectivity index is 0.00000242. The average Bonchev–Trinajstić information content (AvgIpc) is 2.84. The van der Waals surface area contributed by atoms with Gasteiger partial charge in [-0.1, -0.05) is 24.1 Å². The second-order valence-electron chi connectivity index (χ2n) is 5.68. The lowest BCUT2D eigenvalue weighted by Crippen LogP contribution is -2.35. The van der Waals surface area contributed by atoms with Gasteiger partial charge in [-0.25, -0.2) is 0 Å². The zero-order valence-electron chi connectivity index (χ0n) is 12.8. The van der Waals surface area contributed by atoms with E-state index < -0.39 is 0 Å². The summed E-state index contributed by atoms with van der Waals surface area (Å²) in [6.07, 6.45) is 3.80. The van der Waals surface area contributed by atoms with Gasteiger partial charge in [0.2, 0.25) is 5.91 Å². The predicted octanol–water partition coefficient (Wildman–Crippen LogP) is 3.12. The molecule has 0 aliphatic heterocycles. The second-order valence-corrected chi connectivity index (χ2v) is 6.12. The number of halogens is 2. The number of ether oxygens (including phenoxy) is 1. The number of nitrogens with zero attached hydrogens (tertiary/aromatic N) is 1. The van der Waals surface area contributed by atoms with Crippen LogP contribution in [0.2, 0.25) is 5.02 Å². The number of benzene rings is 1. The maximum absolute atomic E-state index is 12.1. The van der Waals surface area contributed by atoms with Crippen molar-refractivity contribution in [2.24, 2.45) is 11.7 Å². The van der Waals surface area contributed by atoms with Crippen LogP contribution in [0.1, 0.15) is 25.7 Å². The number of carbonyl (C=O) groups is 1. The minimum absolute atomic E-state index is 0. The van der Waals surface area contributed by atoms with Gasteiger partial charge in [-0.2, -0.15) is 0 Å². The molecule has 0 spiro atoms. The van der Waals surface area contributed by atoms with E-state index in [4.69, 9.17) is 22.1 Å². The van der Waals surface area contributed by atoms with Crippen LogP contribution in [0.3, 0.4) is 0 Å². The van der Waals surface area contributed by atoms with Crippen LogP contribution < -0.4 is 10.5 Å². The largest absolute Gasteiger partial charge is 0.492 e. The lowest BCUT2D eigenvalue weighted by atomic mass is 9.99. The summed E-state index contributed by atoms with van der Waals surface area (Å²) in [7, 11) is 1.81. The highest BCUT2D eigenvalue weighted by atomic mass is 35.5. The van der Waals surface area contributed by atoms with Gasteiger partial charge in [0.1, 0.15) is 12.4 Å². The summed E-state index contributed by atoms with van der Waals surface area (Å²) in [4.78, 5) is 13.9. The van der Waals surface area contributed by atoms with E-state index in [0.29, 0.717) is 30.5 Å². The van der Waals surface area contributed by atoms with Crippen LogP contribution in [0, 0.1) is 5.92 Å². The molecule has 0 bridgehead atoms. The van der Waals surface area contributed by atoms with Gasteiger partial charge < -0.3 is 15.4 Å². The van der Waals surface area contributed by atoms with Crippen molar-refractivity contribution in [3.8, 4) is 5.75 Å². The van der Waals surface area contributed by atoms with Crippen molar-refractivity contribution < 1.29 is 9.53 Å². The topological polar surface area (TPSA) is 55.6 Å². The summed E-state index contributed by atoms with van der Waals surface area (Å²) < 4.78 is 5.60. The molecule has 1 aromatic rings. The molecule has 4 nitrogen and oxygen atoms in total. The normalized spacial score (nSPS) is 20.3. The van der Waals surface area contributed by atoms with Crippen molar-refractivity contribution in [3.05, 3.63) is 29.3 Å². The Morgan fingerprint density at radius 2 is 2.23 bits per heavy atom. The molecule has 1 amide bonds. The highest BCUT2D eigenvalue weighted by Gasteiger charge is 2.27. The minimum Gasteiger partial charge on any atom is -0.492 e. The Bertz CT molecular complexity index is 485. The first-order valence-electron chi connectivity index (χ1n) is 7.44. The molecule has 22 heavy (non-hydrogen) atoms. The number of hydrogen-bond acceptors (Lipinski definition) is 3. The minimum atomic E-state index is 0. The fourth-order valence-electron chi connectivity index (χ4n) is 2.68. The summed E-state index contributed by atoms with van der Waals surface area (Å²) in [6.45, 7) is 1.02. The van der Waals surface area contributed by atoms with Crippen LogP contribution in [0.5, 0.6) is 5.75 Å². The summed E-state index contributed by atoms with van der Waals surface area (Å²) in [5.74, 6) is 1.21. The standard InChI is InChI=1S/C16H23ClN2O2.ClH/c1-19(16(20)10-12-4-2-7-15(12)18)8-9-21-14-6-3-5-13(17)11-14;/h3,5-6,11-12,15H,2,4,7-10,18H2,1H3;1H/t12-,15+;/m0./s1. The summed E-state index contributed by atoms with van der Waals surface area (Å²) in [5.41, 5.74) is 6.01. The number of likely N-dealkylation sites (N-methyl/N-ethyl adjacent to an activating group) is 1. The third-order valence-corrected chi connectivity index (χ3v) is 4.31. The highest BCUT2D eigenvalue weighted by molar-refractivity contribution is 6.30. The first-order chi connectivity index (χ1) is 10.1. The van der Waals surface area contributed by atoms with Gasteiger partial charge in [0, 0.05) is 24.5 Å². The molecule has 0 radical (unpaired) electrons. The summed E-state index contributed by atoms with van der Waals surface area (Å²) in [6, 6.07) is 7.44. The number of carbonyl (C=O) groups excluding carboxylic acids is 1. The SMILES string of the molecule is CN(CCOc1cccc(Cl)c1)C(=O)C[C@@H]1CCC[C@H]1N.Cl. The zero-order valence-corrected chi connectivity index (χ0v) is 14.4. The summed E-state index contributed by atoms with van der Waals surface area (Å²) in [5, 5.41) is 0.646. The Hall–Kier alpha value is -0.970. The van der Waals surface area contributed by atoms with E-state index in [1.54, 1.807) is 17.0 Å². The summed E-state index contributed by atoms with van der Waals surface area (Å²) >= 11 is 5.89. The molecule has 2 rings (SSSR count). The molecule has 0 heterocycles. The average molecular weight is 347 g/mol. The van der Waals surface area contributed by atoms with Gasteiger partial charge in [0.15, 0.2) is 0 Å². The van der Waals surface area contributed by atoms with Crippen molar-refractivity contribution in [2.45, 2.75) is 31.7 Å². The van der Waals surface area contributed by atoms with Crippen LogP contribution in [0.4, 0.5) is 0 Å². The fourth-order valence-corrected chi connectivity index (χ4v) is 2.86. The van der Waals surface area contributed by atoms with E-state index >= 15 is 0 Å². The van der Waals surface area contributed by atoms with Crippen LogP contribution in [-0.4, -0.2) is 37.0 Å². The van der Waals surface area contributed by atoms with Crippen LogP contribution in [0.15, 0.2) is 24.3 Å². The van der Waals surface area contributed by atoms with E-state index in [-0.39, 0.29) is 24.4 Å². The lowest BCUT2D eigenvalue weighted by Gasteiger charge is -2.21. The maximum Gasteiger partial charge on any atom is 0.222 e. The molecule has 1 fully saturated rings. The van der Waals surface area contributed by atoms with Crippen molar-refractivity contribution in [1.29, 1.82) is 0 Å². The second kappa shape index (κ2) is 9.23. The Labute approximate surface area is 143 Å². The van der Waals surface area contributed by atoms with E-state index in [1.807, 2.05) is 19.2 Å². The zero-order chi connectivity index (χ0) is 15.2. The molecule has 6 heteroatoms. The highest BCUT2D eigenvalue weighted by Crippen LogP contribution is 2.27. The number of rotatable bonds is 6. The third kappa shape index (κ3) is 5.67. The number of amides is 1. The van der Waals surface area contributed by atoms with Crippen molar-refractivity contribution in [2.75, 3.05) is 20.2 Å². The van der Waals surface area contributed by atoms with Crippen LogP contribution >= 0.6 is 24.0 Å². The molecule has 0 unspecified atom stereocenters. The van der Waals surface area contributed by atoms with Crippen LogP contribution in [0.25, 0.3) is 0 Å². The van der Waals surface area contributed by atoms with E-state index in [0.717, 1.165) is 25.0 Å². The molecule has 1 aliphatic carbocycles. The molecule has 1 saturated carbocycles. The van der Waals surface area contributed by atoms with Gasteiger partial charge in [0.25, 0.3) is 0 Å². The van der Waals surface area contributed by atoms with Gasteiger partial charge in [-0.3, -0.25) is 4.79 Å². The maximum atomic E-state index is 12.1. The first kappa shape index (κ1) is 19.1. The quantitative estimate of drug-likeness (QED) is 0.860. The van der Waals surface area contributed by atoms with E-state index in [9.17, 15) is 4.79 Å². The molecular weight excluding hydrogens is 323 g/mol. The van der Waals surface area contributed by atoms with Crippen molar-refractivity contribution >= 4 is 29.9 Å². The Morgan fingerprint density at radius 1 is 1.45 bits per heavy atom. The Kier molecular flexibility index (Phi) is 8.01. The monoisotopic (exact) mass is 346 g/mol. The molecule has 0 saturated heterocycles. The van der Waals surface area contributed by atoms with Gasteiger partial charge in [0.05, 0.1) is 6.54 Å². The molecule has 2 N–H and O–H groups in total. The number of hydrogen-bond donors (Lipinski definition) is 1. The molecule has 2 atom stereocenters. The fraction of sp³-hybridized carbons (Fsp3) is 0.562. The van der Waals surface area contributed by atoms with Gasteiger partial charge >= 0.3 is 0 Å². The molecule has 1 aromatic carbocycles. The molecule has 1 aliphatic rings. The van der Waals surface area contributed by atoms with E-state index in [1.165, 1.54) is 0 Å². The van der Waals surface area contributed by atoms with Crippen molar-refractivity contribution in [1.82, 2.24) is 4.90 Å². The third-order valence-electron chi connectivity index (χ3n) is 4.07. The smallest absolute Gasteiger partial charge is 0.222 e.